The lowest BCUT2D eigenvalue weighted by Crippen LogP contribution is -2.23. The van der Waals surface area contributed by atoms with E-state index >= 15 is 0 Å². The molecule has 0 saturated heterocycles. The first-order valence-corrected chi connectivity index (χ1v) is 5.32. The van der Waals surface area contributed by atoms with Crippen molar-refractivity contribution in [3.8, 4) is 0 Å². The van der Waals surface area contributed by atoms with Gasteiger partial charge in [0.05, 0.1) is 0 Å². The number of rotatable bonds is 5. The van der Waals surface area contributed by atoms with Crippen molar-refractivity contribution in [1.82, 2.24) is 0 Å². The Morgan fingerprint density at radius 1 is 1.27 bits per heavy atom. The Kier molecular flexibility index (Phi) is 4.72. The Balaban J connectivity index is 2.57. The highest BCUT2D eigenvalue weighted by Gasteiger charge is 2.07. The van der Waals surface area contributed by atoms with Gasteiger partial charge >= 0.3 is 0 Å². The molecule has 84 valence electrons. The minimum atomic E-state index is -0.122. The van der Waals surface area contributed by atoms with E-state index in [1.54, 1.807) is 6.07 Å². The highest BCUT2D eigenvalue weighted by Crippen LogP contribution is 2.14. The van der Waals surface area contributed by atoms with Crippen LogP contribution in [0, 0.1) is 18.7 Å². The highest BCUT2D eigenvalue weighted by atomic mass is 19.1. The Morgan fingerprint density at radius 3 is 2.47 bits per heavy atom. The van der Waals surface area contributed by atoms with E-state index in [4.69, 9.17) is 11.5 Å². The van der Waals surface area contributed by atoms with Crippen LogP contribution in [0.1, 0.15) is 17.5 Å². The molecule has 1 rings (SSSR count). The van der Waals surface area contributed by atoms with Crippen LogP contribution in [0.3, 0.4) is 0 Å². The molecule has 1 aromatic carbocycles. The van der Waals surface area contributed by atoms with E-state index < -0.39 is 0 Å². The van der Waals surface area contributed by atoms with Crippen LogP contribution >= 0.6 is 0 Å². The van der Waals surface area contributed by atoms with Crippen LogP contribution in [-0.4, -0.2) is 13.1 Å². The Hall–Kier alpha value is -0.930. The fraction of sp³-hybridized carbons (Fsp3) is 0.500. The van der Waals surface area contributed by atoms with Gasteiger partial charge < -0.3 is 11.5 Å². The fourth-order valence-electron chi connectivity index (χ4n) is 1.55. The van der Waals surface area contributed by atoms with Crippen LogP contribution in [0.15, 0.2) is 18.2 Å². The molecule has 0 unspecified atom stereocenters. The third-order valence-electron chi connectivity index (χ3n) is 2.70. The number of nitrogens with two attached hydrogens (primary N) is 2. The number of hydrogen-bond acceptors (Lipinski definition) is 2. The standard InChI is InChI=1S/C12H19FN2/c1-9-2-4-11(12(13)6-9)5-3-10(7-14)8-15/h2,4,6,10H,3,5,7-8,14-15H2,1H3. The molecule has 15 heavy (non-hydrogen) atoms. The normalized spacial score (nSPS) is 11.0. The molecule has 0 fully saturated rings. The lowest BCUT2D eigenvalue weighted by atomic mass is 9.99. The smallest absolute Gasteiger partial charge is 0.126 e. The molecule has 0 spiro atoms. The average molecular weight is 210 g/mol. The maximum absolute atomic E-state index is 13.4. The van der Waals surface area contributed by atoms with E-state index in [1.807, 2.05) is 19.1 Å². The predicted octanol–water partition coefficient (Wildman–Crippen LogP) is 1.60. The zero-order valence-corrected chi connectivity index (χ0v) is 9.17. The molecule has 1 aromatic rings. The van der Waals surface area contributed by atoms with Gasteiger partial charge in [0, 0.05) is 0 Å². The summed E-state index contributed by atoms with van der Waals surface area (Å²) in [7, 11) is 0. The van der Waals surface area contributed by atoms with Crippen molar-refractivity contribution in [2.24, 2.45) is 17.4 Å². The second-order valence-electron chi connectivity index (χ2n) is 3.97. The molecule has 0 aliphatic heterocycles. The molecule has 0 aliphatic carbocycles. The molecule has 0 aliphatic rings. The van der Waals surface area contributed by atoms with Gasteiger partial charge in [0.2, 0.25) is 0 Å². The SMILES string of the molecule is Cc1ccc(CCC(CN)CN)c(F)c1. The van der Waals surface area contributed by atoms with E-state index in [0.29, 0.717) is 25.4 Å². The van der Waals surface area contributed by atoms with E-state index in [0.717, 1.165) is 17.5 Å². The summed E-state index contributed by atoms with van der Waals surface area (Å²) >= 11 is 0. The summed E-state index contributed by atoms with van der Waals surface area (Å²) in [5.41, 5.74) is 12.8. The number of halogens is 1. The summed E-state index contributed by atoms with van der Waals surface area (Å²) in [6.07, 6.45) is 1.57. The maximum atomic E-state index is 13.4. The van der Waals surface area contributed by atoms with E-state index in [1.165, 1.54) is 0 Å². The molecule has 0 radical (unpaired) electrons. The summed E-state index contributed by atoms with van der Waals surface area (Å²) in [6, 6.07) is 5.34. The van der Waals surface area contributed by atoms with Gasteiger partial charge in [-0.05, 0) is 56.0 Å². The lowest BCUT2D eigenvalue weighted by Gasteiger charge is -2.12. The number of hydrogen-bond donors (Lipinski definition) is 2. The van der Waals surface area contributed by atoms with Gasteiger partial charge in [0.1, 0.15) is 5.82 Å². The van der Waals surface area contributed by atoms with Gasteiger partial charge in [-0.1, -0.05) is 12.1 Å². The summed E-state index contributed by atoms with van der Waals surface area (Å²) in [6.45, 7) is 3.03. The molecule has 0 aromatic heterocycles. The van der Waals surface area contributed by atoms with Gasteiger partial charge in [-0.25, -0.2) is 4.39 Å². The van der Waals surface area contributed by atoms with Gasteiger partial charge in [0.25, 0.3) is 0 Å². The van der Waals surface area contributed by atoms with E-state index in [-0.39, 0.29) is 5.82 Å². The number of aryl methyl sites for hydroxylation is 2. The average Bonchev–Trinajstić information content (AvgIpc) is 2.22. The zero-order chi connectivity index (χ0) is 11.3. The third-order valence-corrected chi connectivity index (χ3v) is 2.70. The van der Waals surface area contributed by atoms with Crippen LogP contribution < -0.4 is 11.5 Å². The molecule has 2 nitrogen and oxygen atoms in total. The summed E-state index contributed by atoms with van der Waals surface area (Å²) in [5, 5.41) is 0. The minimum Gasteiger partial charge on any atom is -0.330 e. The van der Waals surface area contributed by atoms with Crippen molar-refractivity contribution in [1.29, 1.82) is 0 Å². The first-order valence-electron chi connectivity index (χ1n) is 5.32. The second kappa shape index (κ2) is 5.83. The van der Waals surface area contributed by atoms with Crippen molar-refractivity contribution in [3.63, 3.8) is 0 Å². The molecule has 0 saturated carbocycles. The van der Waals surface area contributed by atoms with Gasteiger partial charge in [-0.15, -0.1) is 0 Å². The summed E-state index contributed by atoms with van der Waals surface area (Å²) < 4.78 is 13.4. The van der Waals surface area contributed by atoms with Crippen molar-refractivity contribution in [2.45, 2.75) is 19.8 Å². The number of benzene rings is 1. The Labute approximate surface area is 90.5 Å². The van der Waals surface area contributed by atoms with Gasteiger partial charge in [-0.2, -0.15) is 0 Å². The van der Waals surface area contributed by atoms with Gasteiger partial charge in [-0.3, -0.25) is 0 Å². The predicted molar refractivity (Wildman–Crippen MR) is 61.1 cm³/mol. The second-order valence-corrected chi connectivity index (χ2v) is 3.97. The molecular weight excluding hydrogens is 191 g/mol. The van der Waals surface area contributed by atoms with Crippen molar-refractivity contribution in [3.05, 3.63) is 35.1 Å². The Bertz CT molecular complexity index is 308. The summed E-state index contributed by atoms with van der Waals surface area (Å²) in [4.78, 5) is 0. The Morgan fingerprint density at radius 2 is 1.93 bits per heavy atom. The molecule has 0 bridgehead atoms. The molecule has 3 heteroatoms. The monoisotopic (exact) mass is 210 g/mol. The third kappa shape index (κ3) is 3.61. The first-order chi connectivity index (χ1) is 7.17. The lowest BCUT2D eigenvalue weighted by molar-refractivity contribution is 0.498. The molecule has 0 amide bonds. The van der Waals surface area contributed by atoms with Crippen LogP contribution in [-0.2, 0) is 6.42 Å². The van der Waals surface area contributed by atoms with Crippen LogP contribution in [0.4, 0.5) is 4.39 Å². The molecule has 4 N–H and O–H groups in total. The molecule has 0 atom stereocenters. The highest BCUT2D eigenvalue weighted by molar-refractivity contribution is 5.23. The van der Waals surface area contributed by atoms with E-state index in [2.05, 4.69) is 0 Å². The zero-order valence-electron chi connectivity index (χ0n) is 9.17. The fourth-order valence-corrected chi connectivity index (χ4v) is 1.55. The molecule has 0 heterocycles. The quantitative estimate of drug-likeness (QED) is 0.775. The van der Waals surface area contributed by atoms with Crippen LogP contribution in [0.2, 0.25) is 0 Å². The van der Waals surface area contributed by atoms with Crippen molar-refractivity contribution in [2.75, 3.05) is 13.1 Å². The van der Waals surface area contributed by atoms with Crippen molar-refractivity contribution < 1.29 is 4.39 Å². The van der Waals surface area contributed by atoms with Crippen LogP contribution in [0.25, 0.3) is 0 Å². The molecular formula is C12H19FN2. The van der Waals surface area contributed by atoms with Crippen molar-refractivity contribution >= 4 is 0 Å². The first kappa shape index (κ1) is 12.1. The topological polar surface area (TPSA) is 52.0 Å². The van der Waals surface area contributed by atoms with Gasteiger partial charge in [0.15, 0.2) is 0 Å². The van der Waals surface area contributed by atoms with Crippen LogP contribution in [0.5, 0.6) is 0 Å². The largest absolute Gasteiger partial charge is 0.330 e. The van der Waals surface area contributed by atoms with E-state index in [9.17, 15) is 4.39 Å². The summed E-state index contributed by atoms with van der Waals surface area (Å²) in [5.74, 6) is 0.175. The maximum Gasteiger partial charge on any atom is 0.126 e. The minimum absolute atomic E-state index is 0.122.